The van der Waals surface area contributed by atoms with Crippen LogP contribution in [0.4, 0.5) is 0 Å². The number of benzene rings is 2. The van der Waals surface area contributed by atoms with Gasteiger partial charge in [-0.1, -0.05) is 25.1 Å². The molecule has 21 heavy (non-hydrogen) atoms. The van der Waals surface area contributed by atoms with Crippen LogP contribution in [0.25, 0.3) is 0 Å². The van der Waals surface area contributed by atoms with Crippen LogP contribution in [-0.4, -0.2) is 12.6 Å². The Morgan fingerprint density at radius 2 is 1.86 bits per heavy atom. The molecular formula is C17H17BrO3. The predicted octanol–water partition coefficient (Wildman–Crippen LogP) is 4.30. The van der Waals surface area contributed by atoms with Crippen molar-refractivity contribution in [2.24, 2.45) is 0 Å². The summed E-state index contributed by atoms with van der Waals surface area (Å²) < 4.78 is 11.5. The van der Waals surface area contributed by atoms with Crippen LogP contribution in [0.5, 0.6) is 11.5 Å². The molecule has 0 fully saturated rings. The number of carbonyl (C=O) groups excluding carboxylic acids is 1. The molecule has 0 radical (unpaired) electrons. The van der Waals surface area contributed by atoms with E-state index in [0.717, 1.165) is 16.5 Å². The Hall–Kier alpha value is -1.81. The zero-order valence-corrected chi connectivity index (χ0v) is 13.6. The third kappa shape index (κ3) is 4.60. The fraction of sp³-hybridized carbons (Fsp3) is 0.235. The number of hydrogen-bond acceptors (Lipinski definition) is 3. The number of hydrogen-bond donors (Lipinski definition) is 0. The summed E-state index contributed by atoms with van der Waals surface area (Å²) in [6, 6.07) is 13.2. The van der Waals surface area contributed by atoms with Gasteiger partial charge in [0.25, 0.3) is 0 Å². The van der Waals surface area contributed by atoms with Crippen molar-refractivity contribution in [1.82, 2.24) is 0 Å². The molecule has 4 heteroatoms. The molecule has 0 amide bonds. The summed E-state index contributed by atoms with van der Waals surface area (Å²) in [5.41, 5.74) is 2.32. The summed E-state index contributed by atoms with van der Waals surface area (Å²) in [5, 5.41) is 0. The van der Waals surface area contributed by atoms with Crippen molar-refractivity contribution in [3.8, 4) is 11.5 Å². The van der Waals surface area contributed by atoms with Gasteiger partial charge in [-0.05, 0) is 64.7 Å². The van der Waals surface area contributed by atoms with Gasteiger partial charge in [0.2, 0.25) is 0 Å². The van der Waals surface area contributed by atoms with E-state index in [9.17, 15) is 4.79 Å². The predicted molar refractivity (Wildman–Crippen MR) is 85.8 cm³/mol. The minimum Gasteiger partial charge on any atom is -0.481 e. The molecule has 2 aromatic carbocycles. The van der Waals surface area contributed by atoms with Gasteiger partial charge in [0.15, 0.2) is 6.61 Å². The van der Waals surface area contributed by atoms with E-state index in [1.807, 2.05) is 37.3 Å². The largest absolute Gasteiger partial charge is 0.481 e. The molecule has 2 rings (SSSR count). The first-order valence-electron chi connectivity index (χ1n) is 6.77. The van der Waals surface area contributed by atoms with E-state index in [2.05, 4.69) is 22.9 Å². The smallest absolute Gasteiger partial charge is 0.349 e. The topological polar surface area (TPSA) is 35.5 Å². The molecule has 0 heterocycles. The van der Waals surface area contributed by atoms with Gasteiger partial charge >= 0.3 is 5.97 Å². The van der Waals surface area contributed by atoms with Gasteiger partial charge in [-0.15, -0.1) is 0 Å². The molecule has 0 atom stereocenters. The van der Waals surface area contributed by atoms with E-state index >= 15 is 0 Å². The number of carbonyl (C=O) groups is 1. The van der Waals surface area contributed by atoms with Crippen molar-refractivity contribution in [3.05, 3.63) is 58.1 Å². The molecule has 0 unspecified atom stereocenters. The molecule has 0 aromatic heterocycles. The first kappa shape index (κ1) is 15.6. The maximum absolute atomic E-state index is 11.8. The van der Waals surface area contributed by atoms with Gasteiger partial charge < -0.3 is 9.47 Å². The number of halogens is 1. The molecule has 0 aliphatic carbocycles. The molecule has 0 N–H and O–H groups in total. The minimum absolute atomic E-state index is 0.128. The summed E-state index contributed by atoms with van der Waals surface area (Å²) in [5.74, 6) is 0.731. The van der Waals surface area contributed by atoms with Crippen LogP contribution in [0.3, 0.4) is 0 Å². The molecule has 0 saturated carbocycles. The summed E-state index contributed by atoms with van der Waals surface area (Å²) in [4.78, 5) is 11.8. The van der Waals surface area contributed by atoms with Gasteiger partial charge in [-0.3, -0.25) is 0 Å². The zero-order valence-electron chi connectivity index (χ0n) is 12.1. The Bertz CT molecular complexity index is 620. The summed E-state index contributed by atoms with van der Waals surface area (Å²) >= 11 is 3.40. The Balaban J connectivity index is 1.89. The first-order valence-corrected chi connectivity index (χ1v) is 7.56. The van der Waals surface area contributed by atoms with E-state index in [-0.39, 0.29) is 6.61 Å². The van der Waals surface area contributed by atoms with E-state index < -0.39 is 5.97 Å². The Labute approximate surface area is 133 Å². The Morgan fingerprint density at radius 3 is 2.48 bits per heavy atom. The molecule has 2 aromatic rings. The zero-order chi connectivity index (χ0) is 15.2. The van der Waals surface area contributed by atoms with Crippen LogP contribution >= 0.6 is 15.9 Å². The van der Waals surface area contributed by atoms with E-state index in [0.29, 0.717) is 11.5 Å². The van der Waals surface area contributed by atoms with E-state index in [1.165, 1.54) is 5.56 Å². The molecular weight excluding hydrogens is 332 g/mol. The quantitative estimate of drug-likeness (QED) is 0.596. The van der Waals surface area contributed by atoms with E-state index in [1.54, 1.807) is 12.1 Å². The Kier molecular flexibility index (Phi) is 5.39. The third-order valence-corrected chi connectivity index (χ3v) is 3.62. The second kappa shape index (κ2) is 7.27. The number of rotatable bonds is 5. The van der Waals surface area contributed by atoms with Crippen LogP contribution < -0.4 is 9.47 Å². The lowest BCUT2D eigenvalue weighted by Gasteiger charge is -2.09. The van der Waals surface area contributed by atoms with Gasteiger partial charge in [0, 0.05) is 0 Å². The fourth-order valence-electron chi connectivity index (χ4n) is 1.81. The first-order chi connectivity index (χ1) is 10.1. The molecule has 0 spiro atoms. The molecule has 0 aliphatic rings. The van der Waals surface area contributed by atoms with Crippen LogP contribution in [0.2, 0.25) is 0 Å². The normalized spacial score (nSPS) is 10.2. The summed E-state index contributed by atoms with van der Waals surface area (Å²) in [6.45, 7) is 3.94. The van der Waals surface area contributed by atoms with Crippen LogP contribution in [0.15, 0.2) is 46.9 Å². The average molecular weight is 349 g/mol. The van der Waals surface area contributed by atoms with Crippen molar-refractivity contribution in [2.45, 2.75) is 20.3 Å². The highest BCUT2D eigenvalue weighted by Gasteiger charge is 2.08. The second-order valence-corrected chi connectivity index (χ2v) is 5.55. The van der Waals surface area contributed by atoms with E-state index in [4.69, 9.17) is 9.47 Å². The monoisotopic (exact) mass is 348 g/mol. The highest BCUT2D eigenvalue weighted by atomic mass is 79.9. The Morgan fingerprint density at radius 1 is 1.14 bits per heavy atom. The molecule has 0 bridgehead atoms. The van der Waals surface area contributed by atoms with Crippen molar-refractivity contribution < 1.29 is 14.3 Å². The SMILES string of the molecule is CCc1ccc(OC(=O)COc2ccc(C)cc2Br)cc1. The van der Waals surface area contributed by atoms with Gasteiger partial charge in [-0.2, -0.15) is 0 Å². The van der Waals surface area contributed by atoms with Crippen LogP contribution in [0.1, 0.15) is 18.1 Å². The van der Waals surface area contributed by atoms with Gasteiger partial charge in [0.05, 0.1) is 4.47 Å². The average Bonchev–Trinajstić information content (AvgIpc) is 2.47. The van der Waals surface area contributed by atoms with Crippen LogP contribution in [0, 0.1) is 6.92 Å². The maximum atomic E-state index is 11.8. The van der Waals surface area contributed by atoms with Gasteiger partial charge in [0.1, 0.15) is 11.5 Å². The highest BCUT2D eigenvalue weighted by Crippen LogP contribution is 2.25. The summed E-state index contributed by atoms with van der Waals surface area (Å²) in [6.07, 6.45) is 0.957. The molecule has 0 saturated heterocycles. The van der Waals surface area contributed by atoms with Crippen molar-refractivity contribution in [3.63, 3.8) is 0 Å². The number of esters is 1. The van der Waals surface area contributed by atoms with Crippen LogP contribution in [-0.2, 0) is 11.2 Å². The standard InChI is InChI=1S/C17H17BrO3/c1-3-13-5-7-14(8-6-13)21-17(19)11-20-16-9-4-12(2)10-15(16)18/h4-10H,3,11H2,1-2H3. The third-order valence-electron chi connectivity index (χ3n) is 3.00. The molecule has 0 aliphatic heterocycles. The van der Waals surface area contributed by atoms with Crippen molar-refractivity contribution >= 4 is 21.9 Å². The lowest BCUT2D eigenvalue weighted by Crippen LogP contribution is -2.17. The second-order valence-electron chi connectivity index (χ2n) is 4.69. The van der Waals surface area contributed by atoms with Gasteiger partial charge in [-0.25, -0.2) is 4.79 Å². The highest BCUT2D eigenvalue weighted by molar-refractivity contribution is 9.10. The minimum atomic E-state index is -0.424. The fourth-order valence-corrected chi connectivity index (χ4v) is 2.42. The van der Waals surface area contributed by atoms with Crippen molar-refractivity contribution in [2.75, 3.05) is 6.61 Å². The number of aryl methyl sites for hydroxylation is 2. The molecule has 3 nitrogen and oxygen atoms in total. The lowest BCUT2D eigenvalue weighted by atomic mass is 10.2. The molecule has 110 valence electrons. The number of ether oxygens (including phenoxy) is 2. The lowest BCUT2D eigenvalue weighted by molar-refractivity contribution is -0.136. The van der Waals surface area contributed by atoms with Crippen molar-refractivity contribution in [1.29, 1.82) is 0 Å². The summed E-state index contributed by atoms with van der Waals surface area (Å²) in [7, 11) is 0. The maximum Gasteiger partial charge on any atom is 0.349 e.